The Bertz CT molecular complexity index is 604. The lowest BCUT2D eigenvalue weighted by molar-refractivity contribution is -0.131. The largest absolute Gasteiger partial charge is 0.399 e. The smallest absolute Gasteiger partial charge is 0.223 e. The van der Waals surface area contributed by atoms with E-state index in [0.717, 1.165) is 17.7 Å². The van der Waals surface area contributed by atoms with Crippen LogP contribution in [0.5, 0.6) is 0 Å². The second kappa shape index (κ2) is 6.76. The predicted molar refractivity (Wildman–Crippen MR) is 89.4 cm³/mol. The number of benzene rings is 1. The molecule has 1 heterocycles. The number of hydrogen-bond donors (Lipinski definition) is 1. The van der Waals surface area contributed by atoms with Crippen molar-refractivity contribution in [2.75, 3.05) is 12.8 Å². The lowest BCUT2D eigenvalue weighted by Crippen LogP contribution is -2.29. The number of carbonyl (C=O) groups is 1. The van der Waals surface area contributed by atoms with Crippen molar-refractivity contribution in [1.82, 2.24) is 4.90 Å². The van der Waals surface area contributed by atoms with Crippen molar-refractivity contribution in [2.24, 2.45) is 0 Å². The second-order valence-corrected chi connectivity index (χ2v) is 6.69. The molecule has 0 aliphatic carbocycles. The number of nitrogens with two attached hydrogens (primary N) is 1. The topological polar surface area (TPSA) is 46.3 Å². The SMILES string of the molecule is Cc1ccc(C(C)N(C)C(=O)CCc2ccc(N)cc2)s1. The van der Waals surface area contributed by atoms with Crippen LogP contribution in [0.3, 0.4) is 0 Å². The summed E-state index contributed by atoms with van der Waals surface area (Å²) in [5.74, 6) is 0.172. The molecule has 1 amide bonds. The minimum Gasteiger partial charge on any atom is -0.399 e. The summed E-state index contributed by atoms with van der Waals surface area (Å²) in [6.07, 6.45) is 1.27. The van der Waals surface area contributed by atoms with Crippen molar-refractivity contribution in [1.29, 1.82) is 0 Å². The number of amides is 1. The predicted octanol–water partition coefficient (Wildman–Crippen LogP) is 3.79. The van der Waals surface area contributed by atoms with E-state index in [1.807, 2.05) is 36.2 Å². The number of nitrogen functional groups attached to an aromatic ring is 1. The molecule has 0 spiro atoms. The highest BCUT2D eigenvalue weighted by Crippen LogP contribution is 2.26. The van der Waals surface area contributed by atoms with Gasteiger partial charge in [-0.25, -0.2) is 0 Å². The van der Waals surface area contributed by atoms with Gasteiger partial charge in [0.15, 0.2) is 0 Å². The van der Waals surface area contributed by atoms with E-state index in [1.165, 1.54) is 9.75 Å². The molecule has 4 heteroatoms. The van der Waals surface area contributed by atoms with Crippen molar-refractivity contribution in [3.63, 3.8) is 0 Å². The average Bonchev–Trinajstić information content (AvgIpc) is 2.91. The summed E-state index contributed by atoms with van der Waals surface area (Å²) >= 11 is 1.75. The molecule has 0 saturated carbocycles. The quantitative estimate of drug-likeness (QED) is 0.854. The third kappa shape index (κ3) is 4.08. The number of anilines is 1. The molecule has 0 aliphatic heterocycles. The summed E-state index contributed by atoms with van der Waals surface area (Å²) in [6.45, 7) is 4.16. The van der Waals surface area contributed by atoms with Gasteiger partial charge in [0.1, 0.15) is 0 Å². The molecule has 0 fully saturated rings. The fourth-order valence-electron chi connectivity index (χ4n) is 2.20. The van der Waals surface area contributed by atoms with Gasteiger partial charge in [-0.05, 0) is 50.1 Å². The number of hydrogen-bond acceptors (Lipinski definition) is 3. The highest BCUT2D eigenvalue weighted by atomic mass is 32.1. The maximum atomic E-state index is 12.3. The molecule has 1 aromatic heterocycles. The first-order chi connectivity index (χ1) is 9.97. The molecule has 112 valence electrons. The van der Waals surface area contributed by atoms with Crippen molar-refractivity contribution in [2.45, 2.75) is 32.7 Å². The van der Waals surface area contributed by atoms with E-state index in [1.54, 1.807) is 11.3 Å². The number of rotatable bonds is 5. The normalized spacial score (nSPS) is 12.1. The Balaban J connectivity index is 1.91. The van der Waals surface area contributed by atoms with Gasteiger partial charge in [-0.3, -0.25) is 4.79 Å². The van der Waals surface area contributed by atoms with Gasteiger partial charge in [-0.15, -0.1) is 11.3 Å². The van der Waals surface area contributed by atoms with Crippen LogP contribution in [0.25, 0.3) is 0 Å². The second-order valence-electron chi connectivity index (χ2n) is 5.37. The number of nitrogens with zero attached hydrogens (tertiary/aromatic N) is 1. The zero-order valence-corrected chi connectivity index (χ0v) is 13.6. The van der Waals surface area contributed by atoms with Gasteiger partial charge in [-0.2, -0.15) is 0 Å². The molecule has 2 aromatic rings. The summed E-state index contributed by atoms with van der Waals surface area (Å²) in [6, 6.07) is 12.0. The molecule has 1 aromatic carbocycles. The Kier molecular flexibility index (Phi) is 5.02. The van der Waals surface area contributed by atoms with Gasteiger partial charge in [0, 0.05) is 28.9 Å². The molecule has 0 radical (unpaired) electrons. The molecule has 1 atom stereocenters. The lowest BCUT2D eigenvalue weighted by atomic mass is 10.1. The van der Waals surface area contributed by atoms with Crippen molar-refractivity contribution in [3.8, 4) is 0 Å². The molecular formula is C17H22N2OS. The summed E-state index contributed by atoms with van der Waals surface area (Å²) in [5.41, 5.74) is 7.56. The van der Waals surface area contributed by atoms with Gasteiger partial charge in [0.25, 0.3) is 0 Å². The van der Waals surface area contributed by atoms with Crippen LogP contribution in [0.15, 0.2) is 36.4 Å². The van der Waals surface area contributed by atoms with E-state index in [4.69, 9.17) is 5.73 Å². The van der Waals surface area contributed by atoms with Gasteiger partial charge < -0.3 is 10.6 Å². The summed E-state index contributed by atoms with van der Waals surface area (Å²) in [4.78, 5) is 16.7. The Morgan fingerprint density at radius 2 is 1.90 bits per heavy atom. The summed E-state index contributed by atoms with van der Waals surface area (Å²) in [5, 5.41) is 0. The summed E-state index contributed by atoms with van der Waals surface area (Å²) < 4.78 is 0. The Morgan fingerprint density at radius 1 is 1.24 bits per heavy atom. The zero-order chi connectivity index (χ0) is 15.4. The third-order valence-electron chi connectivity index (χ3n) is 3.75. The van der Waals surface area contributed by atoms with Crippen LogP contribution >= 0.6 is 11.3 Å². The minimum absolute atomic E-state index is 0.127. The molecule has 0 bridgehead atoms. The van der Waals surface area contributed by atoms with E-state index in [2.05, 4.69) is 26.0 Å². The number of carbonyl (C=O) groups excluding carboxylic acids is 1. The maximum absolute atomic E-state index is 12.3. The molecule has 2 rings (SSSR count). The summed E-state index contributed by atoms with van der Waals surface area (Å²) in [7, 11) is 1.88. The zero-order valence-electron chi connectivity index (χ0n) is 12.8. The van der Waals surface area contributed by atoms with Crippen LogP contribution in [0.1, 0.15) is 34.7 Å². The fraction of sp³-hybridized carbons (Fsp3) is 0.353. The first kappa shape index (κ1) is 15.6. The Morgan fingerprint density at radius 3 is 2.48 bits per heavy atom. The highest BCUT2D eigenvalue weighted by molar-refractivity contribution is 7.12. The lowest BCUT2D eigenvalue weighted by Gasteiger charge is -2.24. The van der Waals surface area contributed by atoms with E-state index < -0.39 is 0 Å². The molecule has 3 nitrogen and oxygen atoms in total. The van der Waals surface area contributed by atoms with Gasteiger partial charge in [0.2, 0.25) is 5.91 Å². The molecular weight excluding hydrogens is 280 g/mol. The molecule has 0 aliphatic rings. The van der Waals surface area contributed by atoms with Crippen molar-refractivity contribution in [3.05, 3.63) is 51.7 Å². The van der Waals surface area contributed by atoms with Crippen LogP contribution in [0.2, 0.25) is 0 Å². The molecule has 1 unspecified atom stereocenters. The molecule has 21 heavy (non-hydrogen) atoms. The first-order valence-corrected chi connectivity index (χ1v) is 7.95. The van der Waals surface area contributed by atoms with E-state index in [0.29, 0.717) is 6.42 Å². The Labute approximate surface area is 130 Å². The van der Waals surface area contributed by atoms with Crippen LogP contribution in [0.4, 0.5) is 5.69 Å². The Hall–Kier alpha value is -1.81. The maximum Gasteiger partial charge on any atom is 0.223 e. The standard InChI is InChI=1S/C17H22N2OS/c1-12-4-10-16(21-12)13(2)19(3)17(20)11-7-14-5-8-15(18)9-6-14/h4-6,8-10,13H,7,11,18H2,1-3H3. The van der Waals surface area contributed by atoms with Crippen LogP contribution < -0.4 is 5.73 Å². The van der Waals surface area contributed by atoms with Crippen molar-refractivity contribution < 1.29 is 4.79 Å². The molecule has 0 saturated heterocycles. The van der Waals surface area contributed by atoms with Gasteiger partial charge in [-0.1, -0.05) is 12.1 Å². The van der Waals surface area contributed by atoms with Gasteiger partial charge >= 0.3 is 0 Å². The van der Waals surface area contributed by atoms with Crippen molar-refractivity contribution >= 4 is 22.9 Å². The highest BCUT2D eigenvalue weighted by Gasteiger charge is 2.18. The van der Waals surface area contributed by atoms with Crippen LogP contribution in [0, 0.1) is 6.92 Å². The minimum atomic E-state index is 0.127. The molecule has 2 N–H and O–H groups in total. The first-order valence-electron chi connectivity index (χ1n) is 7.14. The fourth-order valence-corrected chi connectivity index (χ4v) is 3.17. The van der Waals surface area contributed by atoms with E-state index >= 15 is 0 Å². The van der Waals surface area contributed by atoms with E-state index in [-0.39, 0.29) is 11.9 Å². The average molecular weight is 302 g/mol. The van der Waals surface area contributed by atoms with E-state index in [9.17, 15) is 4.79 Å². The van der Waals surface area contributed by atoms with Crippen LogP contribution in [-0.4, -0.2) is 17.9 Å². The number of thiophene rings is 1. The van der Waals surface area contributed by atoms with Gasteiger partial charge in [0.05, 0.1) is 6.04 Å². The third-order valence-corrected chi connectivity index (χ3v) is 4.93. The monoisotopic (exact) mass is 302 g/mol. The van der Waals surface area contributed by atoms with Crippen LogP contribution in [-0.2, 0) is 11.2 Å². The number of aryl methyl sites for hydroxylation is 2.